The quantitative estimate of drug-likeness (QED) is 0.703. The van der Waals surface area contributed by atoms with Crippen LogP contribution in [-0.2, 0) is 0 Å². The molecule has 0 amide bonds. The molecule has 0 saturated heterocycles. The van der Waals surface area contributed by atoms with Crippen molar-refractivity contribution in [3.05, 3.63) is 40.3 Å². The first-order valence-corrected chi connectivity index (χ1v) is 8.00. The van der Waals surface area contributed by atoms with Gasteiger partial charge in [-0.2, -0.15) is 0 Å². The molecule has 1 aromatic heterocycles. The lowest BCUT2D eigenvalue weighted by Gasteiger charge is -2.15. The number of nitrogens with zero attached hydrogens (tertiary/aromatic N) is 2. The van der Waals surface area contributed by atoms with Crippen LogP contribution in [0.2, 0.25) is 10.0 Å². The highest BCUT2D eigenvalue weighted by atomic mass is 35.5. The largest absolute Gasteiger partial charge is 0.495 e. The monoisotopic (exact) mass is 381 g/mol. The lowest BCUT2D eigenvalue weighted by Crippen LogP contribution is -1.98. The SMILES string of the molecule is CNc1ncc2cc(-c3c(Cl)c(OC)cc(OC)c3Cl)cc(F)c2n1. The number of methoxy groups -OCH3 is 2. The van der Waals surface area contributed by atoms with Crippen molar-refractivity contribution >= 4 is 40.1 Å². The third-order valence-corrected chi connectivity index (χ3v) is 4.47. The van der Waals surface area contributed by atoms with Crippen LogP contribution in [0.1, 0.15) is 0 Å². The molecule has 130 valence electrons. The molecule has 0 aliphatic heterocycles. The minimum Gasteiger partial charge on any atom is -0.495 e. The van der Waals surface area contributed by atoms with Gasteiger partial charge >= 0.3 is 0 Å². The number of anilines is 1. The smallest absolute Gasteiger partial charge is 0.223 e. The minimum absolute atomic E-state index is 0.199. The number of hydrogen-bond donors (Lipinski definition) is 1. The van der Waals surface area contributed by atoms with Crippen LogP contribution in [0.5, 0.6) is 11.5 Å². The lowest BCUT2D eigenvalue weighted by molar-refractivity contribution is 0.395. The summed E-state index contributed by atoms with van der Waals surface area (Å²) in [6.07, 6.45) is 1.53. The van der Waals surface area contributed by atoms with E-state index in [1.54, 1.807) is 19.2 Å². The Hall–Kier alpha value is -2.31. The van der Waals surface area contributed by atoms with E-state index in [2.05, 4.69) is 15.3 Å². The van der Waals surface area contributed by atoms with E-state index in [9.17, 15) is 4.39 Å². The molecule has 2 aromatic carbocycles. The van der Waals surface area contributed by atoms with Gasteiger partial charge < -0.3 is 14.8 Å². The van der Waals surface area contributed by atoms with E-state index in [-0.39, 0.29) is 15.6 Å². The fourth-order valence-electron chi connectivity index (χ4n) is 2.51. The van der Waals surface area contributed by atoms with Crippen LogP contribution in [0.25, 0.3) is 22.0 Å². The van der Waals surface area contributed by atoms with Crippen LogP contribution in [0.15, 0.2) is 24.4 Å². The molecule has 1 heterocycles. The molecule has 0 fully saturated rings. The molecule has 0 spiro atoms. The van der Waals surface area contributed by atoms with Gasteiger partial charge in [0, 0.05) is 30.3 Å². The van der Waals surface area contributed by atoms with Crippen molar-refractivity contribution in [3.63, 3.8) is 0 Å². The Kier molecular flexibility index (Phi) is 4.83. The van der Waals surface area contributed by atoms with E-state index < -0.39 is 5.82 Å². The summed E-state index contributed by atoms with van der Waals surface area (Å²) < 4.78 is 25.1. The van der Waals surface area contributed by atoms with Gasteiger partial charge in [0.15, 0.2) is 0 Å². The average molecular weight is 382 g/mol. The van der Waals surface area contributed by atoms with Gasteiger partial charge in [-0.25, -0.2) is 14.4 Å². The fourth-order valence-corrected chi connectivity index (χ4v) is 3.22. The Labute approximate surface area is 153 Å². The predicted octanol–water partition coefficient (Wildman–Crippen LogP) is 4.80. The number of hydrogen-bond acceptors (Lipinski definition) is 5. The molecule has 0 bridgehead atoms. The summed E-state index contributed by atoms with van der Waals surface area (Å²) in [6, 6.07) is 4.61. The van der Waals surface area contributed by atoms with E-state index in [4.69, 9.17) is 32.7 Å². The van der Waals surface area contributed by atoms with Crippen molar-refractivity contribution < 1.29 is 13.9 Å². The number of rotatable bonds is 4. The fraction of sp³-hybridized carbons (Fsp3) is 0.176. The van der Waals surface area contributed by atoms with E-state index in [1.165, 1.54) is 26.5 Å². The second-order valence-electron chi connectivity index (χ2n) is 5.12. The molecule has 1 N–H and O–H groups in total. The molecule has 3 aromatic rings. The molecule has 0 unspecified atom stereocenters. The first-order chi connectivity index (χ1) is 12.0. The Morgan fingerprint density at radius 3 is 2.24 bits per heavy atom. The van der Waals surface area contributed by atoms with Gasteiger partial charge in [0.1, 0.15) is 22.8 Å². The van der Waals surface area contributed by atoms with Crippen molar-refractivity contribution in [1.29, 1.82) is 0 Å². The maximum atomic E-state index is 14.6. The van der Waals surface area contributed by atoms with Crippen molar-refractivity contribution in [3.8, 4) is 22.6 Å². The topological polar surface area (TPSA) is 56.3 Å². The average Bonchev–Trinajstić information content (AvgIpc) is 2.62. The molecule has 8 heteroatoms. The van der Waals surface area contributed by atoms with E-state index >= 15 is 0 Å². The summed E-state index contributed by atoms with van der Waals surface area (Å²) in [7, 11) is 4.62. The second kappa shape index (κ2) is 6.90. The summed E-state index contributed by atoms with van der Waals surface area (Å²) in [5, 5.41) is 3.82. The van der Waals surface area contributed by atoms with E-state index in [0.717, 1.165) is 0 Å². The normalized spacial score (nSPS) is 10.8. The highest BCUT2D eigenvalue weighted by Crippen LogP contribution is 2.46. The zero-order valence-electron chi connectivity index (χ0n) is 13.7. The van der Waals surface area contributed by atoms with Crippen molar-refractivity contribution in [1.82, 2.24) is 9.97 Å². The highest BCUT2D eigenvalue weighted by Gasteiger charge is 2.20. The molecule has 3 rings (SSSR count). The van der Waals surface area contributed by atoms with Crippen molar-refractivity contribution in [2.45, 2.75) is 0 Å². The van der Waals surface area contributed by atoms with Crippen molar-refractivity contribution in [2.75, 3.05) is 26.6 Å². The van der Waals surface area contributed by atoms with Crippen LogP contribution < -0.4 is 14.8 Å². The third kappa shape index (κ3) is 3.03. The number of nitrogens with one attached hydrogen (secondary N) is 1. The lowest BCUT2D eigenvalue weighted by atomic mass is 10.0. The molecule has 5 nitrogen and oxygen atoms in total. The third-order valence-electron chi connectivity index (χ3n) is 3.72. The first kappa shape index (κ1) is 17.5. The van der Waals surface area contributed by atoms with Crippen LogP contribution in [0.4, 0.5) is 10.3 Å². The Bertz CT molecular complexity index is 938. The summed E-state index contributed by atoms with van der Waals surface area (Å²) in [5.74, 6) is 0.569. The Balaban J connectivity index is 2.30. The van der Waals surface area contributed by atoms with Crippen LogP contribution in [0.3, 0.4) is 0 Å². The van der Waals surface area contributed by atoms with E-state index in [1.807, 2.05) is 0 Å². The van der Waals surface area contributed by atoms with Crippen molar-refractivity contribution in [2.24, 2.45) is 0 Å². The number of aromatic nitrogens is 2. The zero-order valence-corrected chi connectivity index (χ0v) is 15.2. The van der Waals surface area contributed by atoms with E-state index in [0.29, 0.717) is 34.0 Å². The molecular weight excluding hydrogens is 368 g/mol. The molecule has 0 radical (unpaired) electrons. The van der Waals surface area contributed by atoms with Crippen LogP contribution in [0, 0.1) is 5.82 Å². The van der Waals surface area contributed by atoms with Gasteiger partial charge in [0.2, 0.25) is 5.95 Å². The Morgan fingerprint density at radius 1 is 1.04 bits per heavy atom. The highest BCUT2D eigenvalue weighted by molar-refractivity contribution is 6.41. The van der Waals surface area contributed by atoms with Gasteiger partial charge in [-0.15, -0.1) is 0 Å². The maximum Gasteiger partial charge on any atom is 0.223 e. The Morgan fingerprint density at radius 2 is 1.68 bits per heavy atom. The minimum atomic E-state index is -0.514. The predicted molar refractivity (Wildman–Crippen MR) is 97.6 cm³/mol. The van der Waals surface area contributed by atoms with Gasteiger partial charge in [-0.1, -0.05) is 23.2 Å². The number of benzene rings is 2. The van der Waals surface area contributed by atoms with Crippen LogP contribution >= 0.6 is 23.2 Å². The summed E-state index contributed by atoms with van der Waals surface area (Å²) in [4.78, 5) is 8.24. The van der Waals surface area contributed by atoms with Crippen LogP contribution in [-0.4, -0.2) is 31.2 Å². The second-order valence-corrected chi connectivity index (χ2v) is 5.88. The standard InChI is InChI=1S/C17H14Cl2FN3O2/c1-21-17-22-7-9-4-8(5-10(20)16(9)23-17)13-14(18)11(24-2)6-12(25-3)15(13)19/h4-7H,1-3H3,(H,21,22,23). The first-order valence-electron chi connectivity index (χ1n) is 7.24. The number of fused-ring (bicyclic) bond motifs is 1. The molecule has 0 atom stereocenters. The molecule has 25 heavy (non-hydrogen) atoms. The number of halogens is 3. The zero-order chi connectivity index (χ0) is 18.1. The summed E-state index contributed by atoms with van der Waals surface area (Å²) in [5.41, 5.74) is 1.08. The maximum absolute atomic E-state index is 14.6. The summed E-state index contributed by atoms with van der Waals surface area (Å²) >= 11 is 12.8. The molecule has 0 aliphatic rings. The van der Waals surface area contributed by atoms with Gasteiger partial charge in [-0.05, 0) is 17.7 Å². The summed E-state index contributed by atoms with van der Waals surface area (Å²) in [6.45, 7) is 0. The molecule has 0 aliphatic carbocycles. The van der Waals surface area contributed by atoms with Gasteiger partial charge in [0.05, 0.1) is 24.3 Å². The number of ether oxygens (including phenoxy) is 2. The molecular formula is C17H14Cl2FN3O2. The van der Waals surface area contributed by atoms with Gasteiger partial charge in [0.25, 0.3) is 0 Å². The van der Waals surface area contributed by atoms with Gasteiger partial charge in [-0.3, -0.25) is 0 Å². The molecule has 0 saturated carbocycles.